The monoisotopic (exact) mass is 525 g/mol. The van der Waals surface area contributed by atoms with Crippen molar-refractivity contribution in [3.8, 4) is 5.75 Å². The Morgan fingerprint density at radius 3 is 2.55 bits per heavy atom. The molecule has 0 radical (unpaired) electrons. The van der Waals surface area contributed by atoms with Gasteiger partial charge in [0.2, 0.25) is 0 Å². The van der Waals surface area contributed by atoms with Crippen molar-refractivity contribution in [1.29, 1.82) is 0 Å². The molecule has 1 aliphatic heterocycles. The van der Waals surface area contributed by atoms with Gasteiger partial charge in [-0.3, -0.25) is 4.99 Å². The summed E-state index contributed by atoms with van der Waals surface area (Å²) < 4.78 is 29.8. The van der Waals surface area contributed by atoms with Crippen LogP contribution < -0.4 is 15.4 Å². The first-order chi connectivity index (χ1) is 13.5. The number of aliphatic imine (C=N–C) groups is 1. The average Bonchev–Trinajstić information content (AvgIpc) is 2.67. The van der Waals surface area contributed by atoms with E-state index < -0.39 is 6.61 Å². The van der Waals surface area contributed by atoms with Gasteiger partial charge in [-0.25, -0.2) is 0 Å². The lowest BCUT2D eigenvalue weighted by atomic mass is 10.1. The van der Waals surface area contributed by atoms with Gasteiger partial charge in [0, 0.05) is 51.9 Å². The fourth-order valence-corrected chi connectivity index (χ4v) is 3.20. The average molecular weight is 525 g/mol. The summed E-state index contributed by atoms with van der Waals surface area (Å²) in [4.78, 5) is 9.07. The van der Waals surface area contributed by atoms with Crippen LogP contribution in [0, 0.1) is 6.92 Å². The molecule has 29 heavy (non-hydrogen) atoms. The van der Waals surface area contributed by atoms with E-state index in [2.05, 4.69) is 37.2 Å². The van der Waals surface area contributed by atoms with Crippen molar-refractivity contribution in [2.24, 2.45) is 4.99 Å². The first-order valence-electron chi connectivity index (χ1n) is 9.87. The Labute approximate surface area is 190 Å². The highest BCUT2D eigenvalue weighted by atomic mass is 127. The Kier molecular flexibility index (Phi) is 12.4. The molecule has 6 nitrogen and oxygen atoms in total. The van der Waals surface area contributed by atoms with Crippen LogP contribution in [-0.2, 0) is 6.54 Å². The lowest BCUT2D eigenvalue weighted by molar-refractivity contribution is -0.0504. The number of hydrogen-bond acceptors (Lipinski definition) is 4. The lowest BCUT2D eigenvalue weighted by Gasteiger charge is -2.32. The number of nitrogens with one attached hydrogen (secondary N) is 2. The summed E-state index contributed by atoms with van der Waals surface area (Å²) in [5.74, 6) is 0.847. The standard InChI is InChI=1S/C20H33F2N5O.HI/c1-16-6-7-18(28-19(21)22)17(14-16)15-25-20(23-2)24-8-4-5-9-27-12-10-26(3)11-13-27;/h6-7,14,19H,4-5,8-13,15H2,1-3H3,(H2,23,24,25);1H. The molecule has 0 saturated carbocycles. The highest BCUT2D eigenvalue weighted by Crippen LogP contribution is 2.21. The maximum absolute atomic E-state index is 12.6. The maximum atomic E-state index is 12.6. The molecule has 9 heteroatoms. The van der Waals surface area contributed by atoms with Crippen molar-refractivity contribution >= 4 is 29.9 Å². The number of aryl methyl sites for hydroxylation is 1. The van der Waals surface area contributed by atoms with Crippen molar-refractivity contribution in [2.45, 2.75) is 32.9 Å². The van der Waals surface area contributed by atoms with E-state index in [0.29, 0.717) is 18.1 Å². The van der Waals surface area contributed by atoms with Gasteiger partial charge in [-0.2, -0.15) is 8.78 Å². The summed E-state index contributed by atoms with van der Waals surface area (Å²) in [5, 5.41) is 6.45. The quantitative estimate of drug-likeness (QED) is 0.225. The number of hydrogen-bond donors (Lipinski definition) is 2. The molecule has 1 heterocycles. The van der Waals surface area contributed by atoms with Gasteiger partial charge in [0.1, 0.15) is 5.75 Å². The second-order valence-electron chi connectivity index (χ2n) is 7.19. The van der Waals surface area contributed by atoms with Crippen LogP contribution in [0.1, 0.15) is 24.0 Å². The summed E-state index contributed by atoms with van der Waals surface area (Å²) >= 11 is 0. The molecule has 0 bridgehead atoms. The summed E-state index contributed by atoms with van der Waals surface area (Å²) in [5.41, 5.74) is 1.67. The van der Waals surface area contributed by atoms with Crippen molar-refractivity contribution in [3.63, 3.8) is 0 Å². The predicted molar refractivity (Wildman–Crippen MR) is 125 cm³/mol. The number of benzene rings is 1. The molecule has 1 saturated heterocycles. The zero-order chi connectivity index (χ0) is 20.4. The molecule has 166 valence electrons. The van der Waals surface area contributed by atoms with Gasteiger partial charge in [0.15, 0.2) is 5.96 Å². The number of rotatable bonds is 9. The van der Waals surface area contributed by atoms with E-state index in [1.54, 1.807) is 19.2 Å². The number of nitrogens with zero attached hydrogens (tertiary/aromatic N) is 3. The topological polar surface area (TPSA) is 52.1 Å². The smallest absolute Gasteiger partial charge is 0.387 e. The normalized spacial score (nSPS) is 15.9. The van der Waals surface area contributed by atoms with Gasteiger partial charge in [-0.1, -0.05) is 17.7 Å². The largest absolute Gasteiger partial charge is 0.434 e. The Balaban J connectivity index is 0.00000420. The van der Waals surface area contributed by atoms with Gasteiger partial charge >= 0.3 is 6.61 Å². The number of ether oxygens (including phenoxy) is 1. The number of piperazine rings is 1. The summed E-state index contributed by atoms with van der Waals surface area (Å²) in [7, 11) is 3.87. The van der Waals surface area contributed by atoms with Crippen LogP contribution >= 0.6 is 24.0 Å². The molecule has 0 spiro atoms. The van der Waals surface area contributed by atoms with E-state index in [4.69, 9.17) is 0 Å². The van der Waals surface area contributed by atoms with Gasteiger partial charge in [0.05, 0.1) is 0 Å². The molecule has 0 unspecified atom stereocenters. The molecule has 1 aliphatic rings. The fourth-order valence-electron chi connectivity index (χ4n) is 3.20. The lowest BCUT2D eigenvalue weighted by Crippen LogP contribution is -2.44. The SMILES string of the molecule is CN=C(NCCCCN1CCN(C)CC1)NCc1cc(C)ccc1OC(F)F.I. The fraction of sp³-hybridized carbons (Fsp3) is 0.650. The van der Waals surface area contributed by atoms with Crippen LogP contribution in [0.5, 0.6) is 5.75 Å². The number of unbranched alkanes of at least 4 members (excludes halogenated alkanes) is 1. The zero-order valence-corrected chi connectivity index (χ0v) is 19.9. The number of guanidine groups is 1. The summed E-state index contributed by atoms with van der Waals surface area (Å²) in [6.45, 7) is 5.98. The van der Waals surface area contributed by atoms with Crippen molar-refractivity contribution in [1.82, 2.24) is 20.4 Å². The minimum absolute atomic E-state index is 0. The molecule has 0 amide bonds. The molecule has 0 aliphatic carbocycles. The Bertz CT molecular complexity index is 625. The third-order valence-electron chi connectivity index (χ3n) is 4.89. The maximum Gasteiger partial charge on any atom is 0.387 e. The van der Waals surface area contributed by atoms with Crippen LogP contribution in [0.3, 0.4) is 0 Å². The minimum Gasteiger partial charge on any atom is -0.434 e. The number of alkyl halides is 2. The van der Waals surface area contributed by atoms with Crippen LogP contribution in [0.25, 0.3) is 0 Å². The van der Waals surface area contributed by atoms with E-state index in [1.807, 2.05) is 13.0 Å². The van der Waals surface area contributed by atoms with Crippen LogP contribution in [0.2, 0.25) is 0 Å². The molecular formula is C20H34F2IN5O. The van der Waals surface area contributed by atoms with E-state index in [-0.39, 0.29) is 29.7 Å². The first-order valence-corrected chi connectivity index (χ1v) is 9.87. The Morgan fingerprint density at radius 1 is 1.17 bits per heavy atom. The third-order valence-corrected chi connectivity index (χ3v) is 4.89. The van der Waals surface area contributed by atoms with E-state index in [1.165, 1.54) is 0 Å². The molecule has 1 aromatic rings. The Hall–Kier alpha value is -1.20. The molecular weight excluding hydrogens is 491 g/mol. The van der Waals surface area contributed by atoms with Crippen LogP contribution in [-0.4, -0.2) is 75.7 Å². The highest BCUT2D eigenvalue weighted by molar-refractivity contribution is 14.0. The second kappa shape index (κ2) is 13.9. The summed E-state index contributed by atoms with van der Waals surface area (Å²) in [6.07, 6.45) is 2.19. The highest BCUT2D eigenvalue weighted by Gasteiger charge is 2.13. The molecule has 0 aromatic heterocycles. The second-order valence-corrected chi connectivity index (χ2v) is 7.19. The van der Waals surface area contributed by atoms with Gasteiger partial charge < -0.3 is 25.2 Å². The molecule has 2 N–H and O–H groups in total. The zero-order valence-electron chi connectivity index (χ0n) is 17.6. The Morgan fingerprint density at radius 2 is 1.90 bits per heavy atom. The number of halogens is 3. The predicted octanol–water partition coefficient (Wildman–Crippen LogP) is 2.91. The minimum atomic E-state index is -2.83. The van der Waals surface area contributed by atoms with Crippen molar-refractivity contribution in [3.05, 3.63) is 29.3 Å². The van der Waals surface area contributed by atoms with E-state index in [9.17, 15) is 8.78 Å². The van der Waals surface area contributed by atoms with Gasteiger partial charge in [-0.15, -0.1) is 24.0 Å². The first kappa shape index (κ1) is 25.8. The number of likely N-dealkylation sites (N-methyl/N-ethyl adjacent to an activating group) is 1. The molecule has 1 aromatic carbocycles. The molecule has 0 atom stereocenters. The van der Waals surface area contributed by atoms with Gasteiger partial charge in [-0.05, 0) is 39.4 Å². The van der Waals surface area contributed by atoms with Crippen LogP contribution in [0.15, 0.2) is 23.2 Å². The van der Waals surface area contributed by atoms with E-state index in [0.717, 1.165) is 57.7 Å². The molecule has 2 rings (SSSR count). The van der Waals surface area contributed by atoms with Crippen molar-refractivity contribution < 1.29 is 13.5 Å². The van der Waals surface area contributed by atoms with Gasteiger partial charge in [0.25, 0.3) is 0 Å². The third kappa shape index (κ3) is 9.90. The summed E-state index contributed by atoms with van der Waals surface area (Å²) in [6, 6.07) is 5.18. The van der Waals surface area contributed by atoms with Crippen LogP contribution in [0.4, 0.5) is 8.78 Å². The van der Waals surface area contributed by atoms with E-state index >= 15 is 0 Å². The van der Waals surface area contributed by atoms with Crippen molar-refractivity contribution in [2.75, 3.05) is 53.4 Å². The molecule has 1 fully saturated rings.